The maximum Gasteiger partial charge on any atom is 0.249 e. The normalized spacial score (nSPS) is 17.3. The van der Waals surface area contributed by atoms with Gasteiger partial charge in [0.2, 0.25) is 11.8 Å². The first-order valence-corrected chi connectivity index (χ1v) is 8.97. The van der Waals surface area contributed by atoms with Gasteiger partial charge in [-0.3, -0.25) is 9.59 Å². The number of anilines is 1. The monoisotopic (exact) mass is 352 g/mol. The number of ether oxygens (including phenoxy) is 1. The van der Waals surface area contributed by atoms with Crippen LogP contribution in [-0.4, -0.2) is 42.5 Å². The van der Waals surface area contributed by atoms with E-state index in [0.717, 1.165) is 17.0 Å². The van der Waals surface area contributed by atoms with Gasteiger partial charge in [-0.15, -0.1) is 0 Å². The van der Waals surface area contributed by atoms with Crippen LogP contribution in [0, 0.1) is 0 Å². The van der Waals surface area contributed by atoms with Crippen LogP contribution in [0.5, 0.6) is 5.75 Å². The van der Waals surface area contributed by atoms with Gasteiger partial charge in [-0.1, -0.05) is 30.3 Å². The summed E-state index contributed by atoms with van der Waals surface area (Å²) in [5.41, 5.74) is 1.80. The van der Waals surface area contributed by atoms with Crippen LogP contribution >= 0.6 is 0 Å². The molecule has 0 aromatic heterocycles. The van der Waals surface area contributed by atoms with E-state index in [2.05, 4.69) is 0 Å². The van der Waals surface area contributed by atoms with E-state index >= 15 is 0 Å². The van der Waals surface area contributed by atoms with E-state index < -0.39 is 6.04 Å². The summed E-state index contributed by atoms with van der Waals surface area (Å²) in [5, 5.41) is 0. The number of rotatable bonds is 5. The van der Waals surface area contributed by atoms with Crippen LogP contribution < -0.4 is 9.64 Å². The van der Waals surface area contributed by atoms with Crippen molar-refractivity contribution in [1.82, 2.24) is 4.90 Å². The van der Waals surface area contributed by atoms with Crippen LogP contribution in [0.25, 0.3) is 0 Å². The van der Waals surface area contributed by atoms with E-state index in [1.165, 1.54) is 0 Å². The first-order valence-electron chi connectivity index (χ1n) is 8.97. The lowest BCUT2D eigenvalue weighted by Crippen LogP contribution is -2.58. The number of benzene rings is 2. The summed E-state index contributed by atoms with van der Waals surface area (Å²) in [6, 6.07) is 16.7. The molecule has 1 heterocycles. The third-order valence-corrected chi connectivity index (χ3v) is 4.63. The number of amides is 2. The lowest BCUT2D eigenvalue weighted by atomic mass is 10.1. The van der Waals surface area contributed by atoms with Crippen molar-refractivity contribution in [3.05, 3.63) is 60.2 Å². The van der Waals surface area contributed by atoms with Crippen molar-refractivity contribution in [3.8, 4) is 5.75 Å². The molecule has 2 aromatic carbocycles. The summed E-state index contributed by atoms with van der Waals surface area (Å²) >= 11 is 0. The molecular weight excluding hydrogens is 328 g/mol. The average molecular weight is 352 g/mol. The van der Waals surface area contributed by atoms with Crippen LogP contribution in [0.1, 0.15) is 19.4 Å². The summed E-state index contributed by atoms with van der Waals surface area (Å²) in [5.74, 6) is 0.721. The minimum atomic E-state index is -0.466. The van der Waals surface area contributed by atoms with Crippen molar-refractivity contribution in [3.63, 3.8) is 0 Å². The molecule has 2 aromatic rings. The lowest BCUT2D eigenvalue weighted by molar-refractivity contribution is -0.140. The zero-order valence-electron chi connectivity index (χ0n) is 15.2. The number of hydrogen-bond acceptors (Lipinski definition) is 3. The Labute approximate surface area is 154 Å². The highest BCUT2D eigenvalue weighted by Crippen LogP contribution is 2.23. The van der Waals surface area contributed by atoms with Crippen LogP contribution in [-0.2, 0) is 16.0 Å². The molecule has 26 heavy (non-hydrogen) atoms. The SMILES string of the molecule is CCOc1ccc(N2CCN(C(=O)Cc3ccccc3)[C@H](C)C2=O)cc1. The molecule has 2 amide bonds. The largest absolute Gasteiger partial charge is 0.494 e. The highest BCUT2D eigenvalue weighted by Gasteiger charge is 2.34. The molecule has 0 saturated carbocycles. The van der Waals surface area contributed by atoms with E-state index in [1.807, 2.05) is 61.5 Å². The van der Waals surface area contributed by atoms with E-state index in [-0.39, 0.29) is 11.8 Å². The van der Waals surface area contributed by atoms with Crippen molar-refractivity contribution < 1.29 is 14.3 Å². The molecule has 1 atom stereocenters. The minimum absolute atomic E-state index is 0.0107. The third kappa shape index (κ3) is 3.87. The smallest absolute Gasteiger partial charge is 0.249 e. The molecule has 0 N–H and O–H groups in total. The Morgan fingerprint density at radius 2 is 1.77 bits per heavy atom. The van der Waals surface area contributed by atoms with Crippen LogP contribution in [0.15, 0.2) is 54.6 Å². The Morgan fingerprint density at radius 3 is 2.42 bits per heavy atom. The Balaban J connectivity index is 1.67. The predicted molar refractivity (Wildman–Crippen MR) is 101 cm³/mol. The molecule has 136 valence electrons. The van der Waals surface area contributed by atoms with Gasteiger partial charge in [-0.05, 0) is 43.7 Å². The standard InChI is InChI=1S/C21H24N2O3/c1-3-26-19-11-9-18(10-12-19)23-14-13-22(16(2)21(23)25)20(24)15-17-7-5-4-6-8-17/h4-12,16H,3,13-15H2,1-2H3/t16-/m1/s1. The molecule has 1 saturated heterocycles. The van der Waals surface area contributed by atoms with Crippen LogP contribution in [0.3, 0.4) is 0 Å². The van der Waals surface area contributed by atoms with E-state index in [1.54, 1.807) is 16.7 Å². The molecule has 3 rings (SSSR count). The molecule has 5 heteroatoms. The second kappa shape index (κ2) is 8.04. The molecule has 0 radical (unpaired) electrons. The van der Waals surface area contributed by atoms with Crippen molar-refractivity contribution in [2.24, 2.45) is 0 Å². The first kappa shape index (κ1) is 18.0. The lowest BCUT2D eigenvalue weighted by Gasteiger charge is -2.39. The van der Waals surface area contributed by atoms with Gasteiger partial charge < -0.3 is 14.5 Å². The molecule has 0 spiro atoms. The second-order valence-corrected chi connectivity index (χ2v) is 6.34. The summed E-state index contributed by atoms with van der Waals surface area (Å²) in [6.45, 7) is 5.37. The summed E-state index contributed by atoms with van der Waals surface area (Å²) in [7, 11) is 0. The Hall–Kier alpha value is -2.82. The molecule has 0 unspecified atom stereocenters. The van der Waals surface area contributed by atoms with Crippen LogP contribution in [0.4, 0.5) is 5.69 Å². The van der Waals surface area contributed by atoms with Gasteiger partial charge in [0.05, 0.1) is 13.0 Å². The van der Waals surface area contributed by atoms with Gasteiger partial charge in [0.25, 0.3) is 0 Å². The maximum absolute atomic E-state index is 12.8. The molecule has 1 aliphatic heterocycles. The van der Waals surface area contributed by atoms with E-state index in [4.69, 9.17) is 4.74 Å². The zero-order chi connectivity index (χ0) is 18.5. The fraction of sp³-hybridized carbons (Fsp3) is 0.333. The van der Waals surface area contributed by atoms with Gasteiger partial charge in [-0.25, -0.2) is 0 Å². The topological polar surface area (TPSA) is 49.9 Å². The second-order valence-electron chi connectivity index (χ2n) is 6.34. The molecule has 1 aliphatic rings. The van der Waals surface area contributed by atoms with E-state index in [0.29, 0.717) is 26.1 Å². The quantitative estimate of drug-likeness (QED) is 0.831. The minimum Gasteiger partial charge on any atom is -0.494 e. The number of carbonyl (C=O) groups excluding carboxylic acids is 2. The van der Waals surface area contributed by atoms with Crippen molar-refractivity contribution in [2.75, 3.05) is 24.6 Å². The summed E-state index contributed by atoms with van der Waals surface area (Å²) in [4.78, 5) is 28.9. The summed E-state index contributed by atoms with van der Waals surface area (Å²) in [6.07, 6.45) is 0.321. The molecule has 0 aliphatic carbocycles. The first-order chi connectivity index (χ1) is 12.6. The van der Waals surface area contributed by atoms with Gasteiger partial charge in [0.1, 0.15) is 11.8 Å². The molecule has 0 bridgehead atoms. The number of piperazine rings is 1. The number of carbonyl (C=O) groups is 2. The fourth-order valence-electron chi connectivity index (χ4n) is 3.23. The van der Waals surface area contributed by atoms with Gasteiger partial charge >= 0.3 is 0 Å². The maximum atomic E-state index is 12.8. The third-order valence-electron chi connectivity index (χ3n) is 4.63. The Bertz CT molecular complexity index is 759. The Kier molecular flexibility index (Phi) is 5.56. The zero-order valence-corrected chi connectivity index (χ0v) is 15.2. The highest BCUT2D eigenvalue weighted by molar-refractivity contribution is 6.00. The average Bonchev–Trinajstić information content (AvgIpc) is 2.66. The van der Waals surface area contributed by atoms with Gasteiger partial charge in [0, 0.05) is 18.8 Å². The molecular formula is C21H24N2O3. The fourth-order valence-corrected chi connectivity index (χ4v) is 3.23. The summed E-state index contributed by atoms with van der Waals surface area (Å²) < 4.78 is 5.44. The molecule has 1 fully saturated rings. The predicted octanol–water partition coefficient (Wildman–Crippen LogP) is 2.89. The van der Waals surface area contributed by atoms with Crippen molar-refractivity contribution in [1.29, 1.82) is 0 Å². The molecule has 5 nitrogen and oxygen atoms in total. The van der Waals surface area contributed by atoms with E-state index in [9.17, 15) is 9.59 Å². The van der Waals surface area contributed by atoms with Crippen molar-refractivity contribution in [2.45, 2.75) is 26.3 Å². The highest BCUT2D eigenvalue weighted by atomic mass is 16.5. The Morgan fingerprint density at radius 1 is 1.08 bits per heavy atom. The number of nitrogens with zero attached hydrogens (tertiary/aromatic N) is 2. The van der Waals surface area contributed by atoms with Crippen LogP contribution in [0.2, 0.25) is 0 Å². The van der Waals surface area contributed by atoms with Crippen molar-refractivity contribution >= 4 is 17.5 Å². The van der Waals surface area contributed by atoms with Gasteiger partial charge in [0.15, 0.2) is 0 Å². The number of hydrogen-bond donors (Lipinski definition) is 0. The van der Waals surface area contributed by atoms with Gasteiger partial charge in [-0.2, -0.15) is 0 Å².